The molecule has 0 bridgehead atoms. The minimum Gasteiger partial charge on any atom is -0.388 e. The van der Waals surface area contributed by atoms with E-state index in [2.05, 4.69) is 5.32 Å². The Morgan fingerprint density at radius 1 is 1.19 bits per heavy atom. The Balaban J connectivity index is 1.88. The van der Waals surface area contributed by atoms with Crippen LogP contribution in [0.2, 0.25) is 5.02 Å². The number of rotatable bonds is 4. The summed E-state index contributed by atoms with van der Waals surface area (Å²) >= 11 is 5.66. The van der Waals surface area contributed by atoms with Gasteiger partial charge in [0.15, 0.2) is 0 Å². The Morgan fingerprint density at radius 2 is 1.90 bits per heavy atom. The van der Waals surface area contributed by atoms with Gasteiger partial charge in [-0.15, -0.1) is 0 Å². The second-order valence-corrected chi connectivity index (χ2v) is 9.06. The van der Waals surface area contributed by atoms with Crippen molar-refractivity contribution in [3.05, 3.63) is 58.6 Å². The molecule has 2 aromatic carbocycles. The van der Waals surface area contributed by atoms with E-state index in [1.165, 1.54) is 6.07 Å². The number of carbonyl (C=O) groups is 1. The number of halogens is 4. The SMILES string of the molecule is O=C(Nc1ccc(F)c(Cl)c1)c1ccc(F)c(S(=O)(=O)N2CCOC[C@H](O)C(F)C2)c1. The molecule has 1 saturated heterocycles. The predicted molar refractivity (Wildman–Crippen MR) is 106 cm³/mol. The van der Waals surface area contributed by atoms with Gasteiger partial charge >= 0.3 is 0 Å². The fourth-order valence-electron chi connectivity index (χ4n) is 2.86. The van der Waals surface area contributed by atoms with Crippen LogP contribution in [0.5, 0.6) is 0 Å². The molecule has 31 heavy (non-hydrogen) atoms. The smallest absolute Gasteiger partial charge is 0.255 e. The van der Waals surface area contributed by atoms with E-state index in [0.717, 1.165) is 30.3 Å². The normalized spacial score (nSPS) is 20.7. The molecule has 1 aliphatic heterocycles. The van der Waals surface area contributed by atoms with E-state index >= 15 is 0 Å². The third kappa shape index (κ3) is 5.36. The minimum atomic E-state index is -4.55. The lowest BCUT2D eigenvalue weighted by Crippen LogP contribution is -2.45. The summed E-state index contributed by atoms with van der Waals surface area (Å²) in [5.41, 5.74) is -0.0687. The van der Waals surface area contributed by atoms with Crippen molar-refractivity contribution in [2.75, 3.05) is 31.6 Å². The van der Waals surface area contributed by atoms with E-state index in [1.54, 1.807) is 0 Å². The van der Waals surface area contributed by atoms with Crippen molar-refractivity contribution < 1.29 is 36.2 Å². The van der Waals surface area contributed by atoms with Crippen molar-refractivity contribution >= 4 is 33.2 Å². The lowest BCUT2D eigenvalue weighted by Gasteiger charge is -2.28. The van der Waals surface area contributed by atoms with Crippen molar-refractivity contribution in [1.82, 2.24) is 4.31 Å². The van der Waals surface area contributed by atoms with Gasteiger partial charge in [-0.25, -0.2) is 21.6 Å². The van der Waals surface area contributed by atoms with Crippen LogP contribution in [0, 0.1) is 11.6 Å². The Kier molecular flexibility index (Phi) is 7.22. The van der Waals surface area contributed by atoms with Crippen LogP contribution >= 0.6 is 11.6 Å². The van der Waals surface area contributed by atoms with Gasteiger partial charge in [-0.1, -0.05) is 11.6 Å². The van der Waals surface area contributed by atoms with E-state index in [9.17, 15) is 31.5 Å². The second kappa shape index (κ2) is 9.53. The fraction of sp³-hybridized carbons (Fsp3) is 0.316. The maximum Gasteiger partial charge on any atom is 0.255 e. The number of hydrogen-bond donors (Lipinski definition) is 2. The van der Waals surface area contributed by atoms with Crippen LogP contribution in [-0.4, -0.2) is 62.3 Å². The summed E-state index contributed by atoms with van der Waals surface area (Å²) in [7, 11) is -4.55. The average molecular weight is 479 g/mol. The first-order chi connectivity index (χ1) is 14.6. The average Bonchev–Trinajstić information content (AvgIpc) is 2.71. The van der Waals surface area contributed by atoms with Gasteiger partial charge in [0.2, 0.25) is 10.0 Å². The fourth-order valence-corrected chi connectivity index (χ4v) is 4.56. The number of aliphatic hydroxyl groups is 1. The first-order valence-electron chi connectivity index (χ1n) is 9.05. The summed E-state index contributed by atoms with van der Waals surface area (Å²) in [5, 5.41) is 11.8. The maximum absolute atomic E-state index is 14.4. The summed E-state index contributed by atoms with van der Waals surface area (Å²) in [6.07, 6.45) is -3.46. The molecule has 0 saturated carbocycles. The molecule has 2 N–H and O–H groups in total. The highest BCUT2D eigenvalue weighted by Gasteiger charge is 2.34. The van der Waals surface area contributed by atoms with E-state index in [4.69, 9.17) is 16.3 Å². The van der Waals surface area contributed by atoms with Gasteiger partial charge in [0.1, 0.15) is 28.8 Å². The molecule has 12 heteroatoms. The molecule has 2 atom stereocenters. The molecule has 2 aromatic rings. The number of hydrogen-bond acceptors (Lipinski definition) is 5. The van der Waals surface area contributed by atoms with Crippen molar-refractivity contribution in [3.8, 4) is 0 Å². The first-order valence-corrected chi connectivity index (χ1v) is 10.9. The molecule has 3 rings (SSSR count). The number of anilines is 1. The van der Waals surface area contributed by atoms with E-state index < -0.39 is 51.3 Å². The second-order valence-electron chi connectivity index (χ2n) is 6.75. The predicted octanol–water partition coefficient (Wildman–Crippen LogP) is 2.59. The Bertz CT molecular complexity index is 1090. The van der Waals surface area contributed by atoms with E-state index in [0.29, 0.717) is 4.31 Å². The molecular weight excluding hydrogens is 461 g/mol. The minimum absolute atomic E-state index is 0.129. The molecule has 1 amide bonds. The standard InChI is InChI=1S/C19H18ClF3N2O5S/c20-13-8-12(2-4-14(13)21)24-19(27)11-1-3-15(22)18(7-11)31(28,29)25-5-6-30-10-17(26)16(23)9-25/h1-4,7-8,16-17,26H,5-6,9-10H2,(H,24,27)/t16?,17-/m0/s1. The van der Waals surface area contributed by atoms with Gasteiger partial charge in [0.05, 0.1) is 18.2 Å². The molecule has 7 nitrogen and oxygen atoms in total. The number of carbonyl (C=O) groups excluding carboxylic acids is 1. The van der Waals surface area contributed by atoms with E-state index in [1.807, 2.05) is 0 Å². The van der Waals surface area contributed by atoms with Crippen LogP contribution in [0.4, 0.5) is 18.9 Å². The lowest BCUT2D eigenvalue weighted by atomic mass is 10.2. The number of benzene rings is 2. The van der Waals surface area contributed by atoms with Gasteiger partial charge in [-0.05, 0) is 36.4 Å². The molecule has 0 radical (unpaired) electrons. The van der Waals surface area contributed by atoms with Gasteiger partial charge in [0, 0.05) is 24.3 Å². The zero-order chi connectivity index (χ0) is 22.8. The molecule has 168 valence electrons. The van der Waals surface area contributed by atoms with Crippen molar-refractivity contribution in [3.63, 3.8) is 0 Å². The summed E-state index contributed by atoms with van der Waals surface area (Å²) in [5.74, 6) is -2.63. The molecule has 1 aliphatic rings. The first kappa shape index (κ1) is 23.5. The third-order valence-corrected chi connectivity index (χ3v) is 6.73. The number of sulfonamides is 1. The third-order valence-electron chi connectivity index (χ3n) is 4.56. The van der Waals surface area contributed by atoms with Gasteiger partial charge in [0.25, 0.3) is 5.91 Å². The number of aliphatic hydroxyl groups excluding tert-OH is 1. The lowest BCUT2D eigenvalue weighted by molar-refractivity contribution is -0.0292. The molecule has 0 spiro atoms. The molecule has 1 fully saturated rings. The van der Waals surface area contributed by atoms with Crippen LogP contribution in [-0.2, 0) is 14.8 Å². The highest BCUT2D eigenvalue weighted by Crippen LogP contribution is 2.24. The van der Waals surface area contributed by atoms with Crippen LogP contribution < -0.4 is 5.32 Å². The highest BCUT2D eigenvalue weighted by molar-refractivity contribution is 7.89. The van der Waals surface area contributed by atoms with Gasteiger partial charge in [-0.3, -0.25) is 4.79 Å². The molecule has 1 heterocycles. The number of amides is 1. The number of nitrogens with zero attached hydrogens (tertiary/aromatic N) is 1. The number of alkyl halides is 1. The van der Waals surface area contributed by atoms with Crippen LogP contribution in [0.25, 0.3) is 0 Å². The van der Waals surface area contributed by atoms with Crippen molar-refractivity contribution in [2.24, 2.45) is 0 Å². The van der Waals surface area contributed by atoms with E-state index in [-0.39, 0.29) is 36.0 Å². The summed E-state index contributed by atoms with van der Waals surface area (Å²) in [6, 6.07) is 6.10. The van der Waals surface area contributed by atoms with Gasteiger partial charge in [-0.2, -0.15) is 4.31 Å². The topological polar surface area (TPSA) is 95.9 Å². The molecular formula is C19H18ClF3N2O5S. The molecule has 1 unspecified atom stereocenters. The summed E-state index contributed by atoms with van der Waals surface area (Å²) < 4.78 is 73.3. The Labute approximate surface area is 181 Å². The monoisotopic (exact) mass is 478 g/mol. The number of nitrogens with one attached hydrogen (secondary N) is 1. The van der Waals surface area contributed by atoms with Gasteiger partial charge < -0.3 is 15.2 Å². The molecule has 0 aromatic heterocycles. The molecule has 0 aliphatic carbocycles. The maximum atomic E-state index is 14.4. The summed E-state index contributed by atoms with van der Waals surface area (Å²) in [4.78, 5) is 11.6. The number of ether oxygens (including phenoxy) is 1. The van der Waals surface area contributed by atoms with Crippen LogP contribution in [0.15, 0.2) is 41.3 Å². The largest absolute Gasteiger partial charge is 0.388 e. The summed E-state index contributed by atoms with van der Waals surface area (Å²) in [6.45, 7) is -1.38. The van der Waals surface area contributed by atoms with Crippen LogP contribution in [0.3, 0.4) is 0 Å². The highest BCUT2D eigenvalue weighted by atomic mass is 35.5. The van der Waals surface area contributed by atoms with Crippen molar-refractivity contribution in [2.45, 2.75) is 17.2 Å². The Morgan fingerprint density at radius 3 is 2.61 bits per heavy atom. The van der Waals surface area contributed by atoms with Crippen LogP contribution in [0.1, 0.15) is 10.4 Å². The van der Waals surface area contributed by atoms with Crippen molar-refractivity contribution in [1.29, 1.82) is 0 Å². The zero-order valence-electron chi connectivity index (χ0n) is 15.9. The quantitative estimate of drug-likeness (QED) is 0.704. The Hall–Kier alpha value is -2.18. The zero-order valence-corrected chi connectivity index (χ0v) is 17.5.